The maximum atomic E-state index is 12.0. The molecule has 0 aliphatic rings. The van der Waals surface area contributed by atoms with E-state index in [1.165, 1.54) is 0 Å². The lowest BCUT2D eigenvalue weighted by Gasteiger charge is -2.20. The van der Waals surface area contributed by atoms with E-state index in [4.69, 9.17) is 5.11 Å². The molecule has 0 fully saturated rings. The topological polar surface area (TPSA) is 54.4 Å². The van der Waals surface area contributed by atoms with E-state index in [1.54, 1.807) is 0 Å². The predicted octanol–water partition coefficient (Wildman–Crippen LogP) is 1.47. The van der Waals surface area contributed by atoms with Crippen molar-refractivity contribution in [2.24, 2.45) is 11.8 Å². The van der Waals surface area contributed by atoms with Crippen molar-refractivity contribution in [1.29, 1.82) is 0 Å². The number of hydrogen-bond acceptors (Lipinski definition) is 2. The molecule has 13 heavy (non-hydrogen) atoms. The van der Waals surface area contributed by atoms with Gasteiger partial charge in [-0.05, 0) is 6.92 Å². The molecule has 0 aliphatic heterocycles. The van der Waals surface area contributed by atoms with Crippen molar-refractivity contribution < 1.29 is 27.9 Å². The second-order valence-electron chi connectivity index (χ2n) is 2.76. The molecule has 0 aromatic carbocycles. The molecule has 0 saturated heterocycles. The predicted molar refractivity (Wildman–Crippen MR) is 37.0 cm³/mol. The summed E-state index contributed by atoms with van der Waals surface area (Å²) in [6, 6.07) is 0. The number of carboxylic acids is 1. The molecule has 3 nitrogen and oxygen atoms in total. The van der Waals surface area contributed by atoms with Gasteiger partial charge in [0.1, 0.15) is 11.7 Å². The molecule has 0 amide bonds. The number of carbonyl (C=O) groups is 2. The van der Waals surface area contributed by atoms with Crippen LogP contribution in [0.1, 0.15) is 13.8 Å². The smallest absolute Gasteiger partial charge is 0.392 e. The van der Waals surface area contributed by atoms with Crippen molar-refractivity contribution in [1.82, 2.24) is 0 Å². The second kappa shape index (κ2) is 3.76. The average Bonchev–Trinajstić information content (AvgIpc) is 1.82. The van der Waals surface area contributed by atoms with E-state index in [0.717, 1.165) is 6.92 Å². The van der Waals surface area contributed by atoms with E-state index in [-0.39, 0.29) is 0 Å². The van der Waals surface area contributed by atoms with Crippen molar-refractivity contribution >= 4 is 11.8 Å². The highest BCUT2D eigenvalue weighted by Crippen LogP contribution is 2.32. The molecule has 1 N–H and O–H groups in total. The van der Waals surface area contributed by atoms with Gasteiger partial charge in [-0.3, -0.25) is 9.59 Å². The first kappa shape index (κ1) is 11.9. The third-order valence-electron chi connectivity index (χ3n) is 1.72. The van der Waals surface area contributed by atoms with Gasteiger partial charge in [0.25, 0.3) is 0 Å². The Morgan fingerprint density at radius 1 is 1.31 bits per heavy atom. The summed E-state index contributed by atoms with van der Waals surface area (Å²) >= 11 is 0. The van der Waals surface area contributed by atoms with Crippen LogP contribution in [-0.4, -0.2) is 23.0 Å². The number of ketones is 1. The van der Waals surface area contributed by atoms with Crippen LogP contribution in [0.3, 0.4) is 0 Å². The number of carboxylic acid groups (broad SMARTS) is 1. The van der Waals surface area contributed by atoms with Gasteiger partial charge in [0.15, 0.2) is 0 Å². The highest BCUT2D eigenvalue weighted by molar-refractivity contribution is 5.97. The fraction of sp³-hybridized carbons (Fsp3) is 0.714. The van der Waals surface area contributed by atoms with Crippen molar-refractivity contribution in [2.45, 2.75) is 20.0 Å². The van der Waals surface area contributed by atoms with E-state index >= 15 is 0 Å². The molecule has 0 heterocycles. The number of aliphatic carboxylic acids is 1. The minimum Gasteiger partial charge on any atom is -0.481 e. The van der Waals surface area contributed by atoms with E-state index in [1.807, 2.05) is 0 Å². The molecule has 2 unspecified atom stereocenters. The van der Waals surface area contributed by atoms with Crippen LogP contribution in [0.5, 0.6) is 0 Å². The number of Topliss-reactive ketones (excluding diaryl/α,β-unsaturated/α-hetero) is 1. The third kappa shape index (κ3) is 3.04. The zero-order valence-electron chi connectivity index (χ0n) is 7.05. The normalized spacial score (nSPS) is 16.4. The number of hydrogen-bond donors (Lipinski definition) is 1. The summed E-state index contributed by atoms with van der Waals surface area (Å²) in [6.07, 6.45) is -4.66. The summed E-state index contributed by atoms with van der Waals surface area (Å²) in [7, 11) is 0. The number of halogens is 3. The molecular formula is C7H9F3O3. The zero-order valence-corrected chi connectivity index (χ0v) is 7.05. The molecule has 0 bridgehead atoms. The van der Waals surface area contributed by atoms with Crippen molar-refractivity contribution in [2.75, 3.05) is 0 Å². The Balaban J connectivity index is 4.77. The molecular weight excluding hydrogens is 189 g/mol. The van der Waals surface area contributed by atoms with Gasteiger partial charge in [0.2, 0.25) is 0 Å². The lowest BCUT2D eigenvalue weighted by molar-refractivity contribution is -0.193. The maximum Gasteiger partial charge on any atom is 0.392 e. The van der Waals surface area contributed by atoms with Crippen LogP contribution in [-0.2, 0) is 9.59 Å². The average molecular weight is 198 g/mol. The minimum atomic E-state index is -4.66. The van der Waals surface area contributed by atoms with Gasteiger partial charge in [-0.1, -0.05) is 6.92 Å². The first-order valence-corrected chi connectivity index (χ1v) is 3.48. The lowest BCUT2D eigenvalue weighted by atomic mass is 9.90. The monoisotopic (exact) mass is 198 g/mol. The molecule has 6 heteroatoms. The molecule has 0 spiro atoms. The minimum absolute atomic E-state index is 0.681. The molecule has 0 aromatic rings. The Morgan fingerprint density at radius 3 is 1.77 bits per heavy atom. The largest absolute Gasteiger partial charge is 0.481 e. The first-order valence-electron chi connectivity index (χ1n) is 3.48. The molecule has 0 rings (SSSR count). The van der Waals surface area contributed by atoms with Gasteiger partial charge in [0, 0.05) is 0 Å². The fourth-order valence-electron chi connectivity index (χ4n) is 0.929. The van der Waals surface area contributed by atoms with Gasteiger partial charge in [-0.25, -0.2) is 0 Å². The SMILES string of the molecule is CC(=O)C(C(=O)O)C(C)C(F)(F)F. The van der Waals surface area contributed by atoms with Gasteiger partial charge < -0.3 is 5.11 Å². The number of alkyl halides is 3. The summed E-state index contributed by atoms with van der Waals surface area (Å²) in [5.41, 5.74) is 0. The second-order valence-corrected chi connectivity index (χ2v) is 2.76. The van der Waals surface area contributed by atoms with E-state index < -0.39 is 29.8 Å². The van der Waals surface area contributed by atoms with Crippen molar-refractivity contribution in [3.05, 3.63) is 0 Å². The van der Waals surface area contributed by atoms with Gasteiger partial charge in [0.05, 0.1) is 5.92 Å². The molecule has 0 aromatic heterocycles. The zero-order chi connectivity index (χ0) is 10.8. The molecule has 0 radical (unpaired) electrons. The summed E-state index contributed by atoms with van der Waals surface area (Å²) in [5.74, 6) is -6.88. The Labute approximate surface area is 72.5 Å². The first-order chi connectivity index (χ1) is 5.68. The van der Waals surface area contributed by atoms with Crippen LogP contribution in [0, 0.1) is 11.8 Å². The molecule has 0 saturated carbocycles. The highest BCUT2D eigenvalue weighted by Gasteiger charge is 2.46. The fourth-order valence-corrected chi connectivity index (χ4v) is 0.929. The molecule has 76 valence electrons. The Bertz CT molecular complexity index is 208. The Kier molecular flexibility index (Phi) is 3.45. The summed E-state index contributed by atoms with van der Waals surface area (Å²) in [5, 5.41) is 8.36. The van der Waals surface area contributed by atoms with Gasteiger partial charge in [-0.15, -0.1) is 0 Å². The molecule has 2 atom stereocenters. The number of rotatable bonds is 3. The maximum absolute atomic E-state index is 12.0. The summed E-state index contributed by atoms with van der Waals surface area (Å²) in [6.45, 7) is 1.52. The van der Waals surface area contributed by atoms with Crippen LogP contribution in [0.25, 0.3) is 0 Å². The van der Waals surface area contributed by atoms with Crippen LogP contribution in [0.4, 0.5) is 13.2 Å². The Hall–Kier alpha value is -1.07. The summed E-state index contributed by atoms with van der Waals surface area (Å²) in [4.78, 5) is 20.9. The molecule has 0 aliphatic carbocycles. The van der Waals surface area contributed by atoms with Crippen molar-refractivity contribution in [3.63, 3.8) is 0 Å². The van der Waals surface area contributed by atoms with Gasteiger partial charge >= 0.3 is 12.1 Å². The Morgan fingerprint density at radius 2 is 1.69 bits per heavy atom. The van der Waals surface area contributed by atoms with E-state index in [2.05, 4.69) is 0 Å². The van der Waals surface area contributed by atoms with Crippen LogP contribution in [0.2, 0.25) is 0 Å². The number of carbonyl (C=O) groups excluding carboxylic acids is 1. The quantitative estimate of drug-likeness (QED) is 0.698. The van der Waals surface area contributed by atoms with Crippen LogP contribution < -0.4 is 0 Å². The van der Waals surface area contributed by atoms with Gasteiger partial charge in [-0.2, -0.15) is 13.2 Å². The van der Waals surface area contributed by atoms with Crippen LogP contribution in [0.15, 0.2) is 0 Å². The van der Waals surface area contributed by atoms with E-state index in [9.17, 15) is 22.8 Å². The van der Waals surface area contributed by atoms with Crippen molar-refractivity contribution in [3.8, 4) is 0 Å². The standard InChI is InChI=1S/C7H9F3O3/c1-3(7(8,9)10)5(4(2)11)6(12)13/h3,5H,1-2H3,(H,12,13). The third-order valence-corrected chi connectivity index (χ3v) is 1.72. The highest BCUT2D eigenvalue weighted by atomic mass is 19.4. The lowest BCUT2D eigenvalue weighted by Crippen LogP contribution is -2.36. The van der Waals surface area contributed by atoms with Crippen LogP contribution >= 0.6 is 0 Å². The van der Waals surface area contributed by atoms with E-state index in [0.29, 0.717) is 6.92 Å². The summed E-state index contributed by atoms with van der Waals surface area (Å²) < 4.78 is 36.0.